The molecule has 128 valence electrons. The molecule has 0 unspecified atom stereocenters. The maximum absolute atomic E-state index is 12.5. The van der Waals surface area contributed by atoms with Crippen LogP contribution < -0.4 is 5.56 Å². The Hall–Kier alpha value is -3.15. The standard InChI is InChI=1S/C19H19N3O3/c1-25-17(23)11-15(14-8-5-9-20-12-14)18-16(21-22-19(18)24)10-13-6-3-2-4-7-13/h2-9,12,15H,10-11H2,1H3,(H2,21,22,24)/t15-/m1/s1. The minimum atomic E-state index is -0.421. The molecule has 0 aliphatic carbocycles. The van der Waals surface area contributed by atoms with E-state index in [2.05, 4.69) is 15.2 Å². The molecule has 2 N–H and O–H groups in total. The zero-order valence-electron chi connectivity index (χ0n) is 13.9. The van der Waals surface area contributed by atoms with Gasteiger partial charge < -0.3 is 9.84 Å². The van der Waals surface area contributed by atoms with Gasteiger partial charge in [-0.25, -0.2) is 0 Å². The summed E-state index contributed by atoms with van der Waals surface area (Å²) >= 11 is 0. The molecule has 3 aromatic rings. The molecule has 0 bridgehead atoms. The van der Waals surface area contributed by atoms with E-state index in [9.17, 15) is 9.59 Å². The Balaban J connectivity index is 2.02. The highest BCUT2D eigenvalue weighted by atomic mass is 16.5. The Morgan fingerprint density at radius 2 is 1.96 bits per heavy atom. The number of aromatic nitrogens is 3. The van der Waals surface area contributed by atoms with Gasteiger partial charge in [0.1, 0.15) is 0 Å². The number of hydrogen-bond acceptors (Lipinski definition) is 4. The summed E-state index contributed by atoms with van der Waals surface area (Å²) in [5.41, 5.74) is 2.94. The van der Waals surface area contributed by atoms with E-state index < -0.39 is 5.92 Å². The Labute approximate surface area is 144 Å². The second kappa shape index (κ2) is 7.61. The lowest BCUT2D eigenvalue weighted by molar-refractivity contribution is -0.140. The first-order valence-electron chi connectivity index (χ1n) is 7.99. The van der Waals surface area contributed by atoms with E-state index in [0.29, 0.717) is 12.0 Å². The maximum atomic E-state index is 12.5. The predicted molar refractivity (Wildman–Crippen MR) is 93.4 cm³/mol. The monoisotopic (exact) mass is 337 g/mol. The molecule has 2 aromatic heterocycles. The molecule has 0 saturated heterocycles. The van der Waals surface area contributed by atoms with Crippen LogP contribution in [0.15, 0.2) is 59.7 Å². The predicted octanol–water partition coefficient (Wildman–Crippen LogP) is 2.38. The molecule has 6 nitrogen and oxygen atoms in total. The van der Waals surface area contributed by atoms with E-state index >= 15 is 0 Å². The van der Waals surface area contributed by atoms with Gasteiger partial charge in [0.2, 0.25) is 0 Å². The second-order valence-electron chi connectivity index (χ2n) is 5.75. The Kier molecular flexibility index (Phi) is 5.09. The van der Waals surface area contributed by atoms with Crippen molar-refractivity contribution >= 4 is 5.97 Å². The first-order chi connectivity index (χ1) is 12.2. The van der Waals surface area contributed by atoms with Crippen molar-refractivity contribution in [2.24, 2.45) is 0 Å². The van der Waals surface area contributed by atoms with Crippen LogP contribution in [0, 0.1) is 0 Å². The molecule has 3 rings (SSSR count). The topological polar surface area (TPSA) is 87.8 Å². The van der Waals surface area contributed by atoms with E-state index in [-0.39, 0.29) is 17.9 Å². The molecule has 6 heteroatoms. The van der Waals surface area contributed by atoms with Gasteiger partial charge in [-0.2, -0.15) is 0 Å². The number of carbonyl (C=O) groups excluding carboxylic acids is 1. The number of ether oxygens (including phenoxy) is 1. The number of pyridine rings is 1. The van der Waals surface area contributed by atoms with E-state index in [1.54, 1.807) is 18.5 Å². The van der Waals surface area contributed by atoms with Gasteiger partial charge in [-0.05, 0) is 17.2 Å². The molecule has 0 aliphatic heterocycles. The number of H-pyrrole nitrogens is 2. The average Bonchev–Trinajstić information content (AvgIpc) is 3.01. The molecule has 1 aromatic carbocycles. The van der Waals surface area contributed by atoms with Crippen LogP contribution in [0.2, 0.25) is 0 Å². The van der Waals surface area contributed by atoms with Crippen molar-refractivity contribution in [2.75, 3.05) is 7.11 Å². The number of nitrogens with zero attached hydrogens (tertiary/aromatic N) is 1. The van der Waals surface area contributed by atoms with Crippen molar-refractivity contribution in [2.45, 2.75) is 18.8 Å². The molecule has 0 aliphatic rings. The fourth-order valence-corrected chi connectivity index (χ4v) is 2.93. The largest absolute Gasteiger partial charge is 0.469 e. The molecule has 0 saturated carbocycles. The summed E-state index contributed by atoms with van der Waals surface area (Å²) in [6, 6.07) is 13.5. The normalized spacial score (nSPS) is 11.9. The third kappa shape index (κ3) is 3.85. The number of nitrogens with one attached hydrogen (secondary N) is 2. The lowest BCUT2D eigenvalue weighted by Gasteiger charge is -2.16. The number of hydrogen-bond donors (Lipinski definition) is 2. The molecule has 0 amide bonds. The van der Waals surface area contributed by atoms with Crippen LogP contribution in [-0.2, 0) is 16.0 Å². The van der Waals surface area contributed by atoms with E-state index in [1.165, 1.54) is 7.11 Å². The van der Waals surface area contributed by atoms with Gasteiger partial charge in [0.25, 0.3) is 5.56 Å². The van der Waals surface area contributed by atoms with Crippen LogP contribution in [0.25, 0.3) is 0 Å². The number of benzene rings is 1. The first kappa shape index (κ1) is 16.7. The van der Waals surface area contributed by atoms with Crippen LogP contribution >= 0.6 is 0 Å². The van der Waals surface area contributed by atoms with E-state index in [0.717, 1.165) is 16.8 Å². The summed E-state index contributed by atoms with van der Waals surface area (Å²) in [4.78, 5) is 28.5. The number of rotatable bonds is 6. The van der Waals surface area contributed by atoms with Gasteiger partial charge in [-0.3, -0.25) is 19.7 Å². The summed E-state index contributed by atoms with van der Waals surface area (Å²) in [6.07, 6.45) is 3.97. The molecule has 0 fully saturated rings. The molecule has 0 spiro atoms. The van der Waals surface area contributed by atoms with Crippen molar-refractivity contribution in [3.63, 3.8) is 0 Å². The molecule has 0 radical (unpaired) electrons. The van der Waals surface area contributed by atoms with E-state index in [4.69, 9.17) is 4.74 Å². The second-order valence-corrected chi connectivity index (χ2v) is 5.75. The SMILES string of the molecule is COC(=O)C[C@H](c1cccnc1)c1c(Cc2ccccc2)[nH][nH]c1=O. The fourth-order valence-electron chi connectivity index (χ4n) is 2.93. The van der Waals surface area contributed by atoms with Gasteiger partial charge in [0, 0.05) is 36.0 Å². The third-order valence-corrected chi connectivity index (χ3v) is 4.15. The van der Waals surface area contributed by atoms with Crippen LogP contribution in [0.3, 0.4) is 0 Å². The number of methoxy groups -OCH3 is 1. The number of carbonyl (C=O) groups is 1. The van der Waals surface area contributed by atoms with Crippen LogP contribution in [0.5, 0.6) is 0 Å². The zero-order valence-corrected chi connectivity index (χ0v) is 13.9. The van der Waals surface area contributed by atoms with Crippen molar-refractivity contribution in [3.05, 3.63) is 87.6 Å². The molecular weight excluding hydrogens is 318 g/mol. The fraction of sp³-hybridized carbons (Fsp3) is 0.211. The number of aromatic amines is 2. The zero-order chi connectivity index (χ0) is 17.6. The van der Waals surface area contributed by atoms with Crippen LogP contribution in [-0.4, -0.2) is 28.3 Å². The van der Waals surface area contributed by atoms with Crippen LogP contribution in [0.4, 0.5) is 0 Å². The average molecular weight is 337 g/mol. The third-order valence-electron chi connectivity index (χ3n) is 4.15. The summed E-state index contributed by atoms with van der Waals surface area (Å²) < 4.78 is 4.82. The van der Waals surface area contributed by atoms with Crippen molar-refractivity contribution in [1.82, 2.24) is 15.2 Å². The molecule has 1 atom stereocenters. The van der Waals surface area contributed by atoms with Gasteiger partial charge in [0.15, 0.2) is 0 Å². The first-order valence-corrected chi connectivity index (χ1v) is 7.99. The Morgan fingerprint density at radius 1 is 1.16 bits per heavy atom. The Morgan fingerprint density at radius 3 is 2.64 bits per heavy atom. The van der Waals surface area contributed by atoms with Crippen molar-refractivity contribution < 1.29 is 9.53 Å². The lowest BCUT2D eigenvalue weighted by Crippen LogP contribution is -2.18. The quantitative estimate of drug-likeness (QED) is 0.676. The molecule has 25 heavy (non-hydrogen) atoms. The lowest BCUT2D eigenvalue weighted by atomic mass is 9.88. The van der Waals surface area contributed by atoms with Crippen molar-refractivity contribution in [1.29, 1.82) is 0 Å². The molecular formula is C19H19N3O3. The van der Waals surface area contributed by atoms with Crippen molar-refractivity contribution in [3.8, 4) is 0 Å². The minimum Gasteiger partial charge on any atom is -0.469 e. The van der Waals surface area contributed by atoms with Gasteiger partial charge >= 0.3 is 5.97 Å². The summed E-state index contributed by atoms with van der Waals surface area (Å²) in [5, 5.41) is 5.60. The maximum Gasteiger partial charge on any atom is 0.306 e. The van der Waals surface area contributed by atoms with Crippen LogP contribution in [0.1, 0.15) is 34.7 Å². The summed E-state index contributed by atoms with van der Waals surface area (Å²) in [7, 11) is 1.34. The smallest absolute Gasteiger partial charge is 0.306 e. The van der Waals surface area contributed by atoms with Gasteiger partial charge in [-0.1, -0.05) is 36.4 Å². The van der Waals surface area contributed by atoms with Gasteiger partial charge in [0.05, 0.1) is 13.5 Å². The molecule has 2 heterocycles. The summed E-state index contributed by atoms with van der Waals surface area (Å²) in [5.74, 6) is -0.796. The highest BCUT2D eigenvalue weighted by Crippen LogP contribution is 2.28. The highest BCUT2D eigenvalue weighted by molar-refractivity contribution is 5.71. The van der Waals surface area contributed by atoms with E-state index in [1.807, 2.05) is 36.4 Å². The minimum absolute atomic E-state index is 0.0743. The highest BCUT2D eigenvalue weighted by Gasteiger charge is 2.26. The van der Waals surface area contributed by atoms with Gasteiger partial charge in [-0.15, -0.1) is 0 Å². The Bertz CT molecular complexity index is 885. The summed E-state index contributed by atoms with van der Waals surface area (Å²) in [6.45, 7) is 0. The number of esters is 1.